The van der Waals surface area contributed by atoms with Gasteiger partial charge in [-0.05, 0) is 37.6 Å². The molecule has 0 fully saturated rings. The van der Waals surface area contributed by atoms with E-state index in [9.17, 15) is 5.26 Å². The lowest BCUT2D eigenvalue weighted by molar-refractivity contribution is 0.653. The van der Waals surface area contributed by atoms with E-state index in [0.717, 1.165) is 23.2 Å². The summed E-state index contributed by atoms with van der Waals surface area (Å²) in [4.78, 5) is 8.93. The first-order valence-electron chi connectivity index (χ1n) is 7.42. The number of nitriles is 1. The zero-order valence-corrected chi connectivity index (χ0v) is 13.8. The first-order chi connectivity index (χ1) is 11.6. The first kappa shape index (κ1) is 14.6. The van der Waals surface area contributed by atoms with Gasteiger partial charge in [0.2, 0.25) is 5.28 Å². The molecule has 0 bridgehead atoms. The molecule has 0 saturated carbocycles. The molecule has 0 spiro atoms. The lowest BCUT2D eigenvalue weighted by Gasteiger charge is -2.01. The van der Waals surface area contributed by atoms with E-state index in [2.05, 4.69) is 26.2 Å². The quantitative estimate of drug-likeness (QED) is 0.525. The summed E-state index contributed by atoms with van der Waals surface area (Å²) in [6.07, 6.45) is 1.91. The minimum absolute atomic E-state index is 0.166. The lowest BCUT2D eigenvalue weighted by Crippen LogP contribution is -1.96. The highest BCUT2D eigenvalue weighted by molar-refractivity contribution is 6.29. The molecule has 0 atom stereocenters. The minimum atomic E-state index is 0.166. The Morgan fingerprint density at radius 3 is 2.79 bits per heavy atom. The van der Waals surface area contributed by atoms with Crippen molar-refractivity contribution in [1.82, 2.24) is 29.4 Å². The number of rotatable bonds is 2. The fraction of sp³-hybridized carbons (Fsp3) is 0.188. The van der Waals surface area contributed by atoms with Crippen molar-refractivity contribution in [2.45, 2.75) is 20.4 Å². The van der Waals surface area contributed by atoms with Crippen LogP contribution in [0.25, 0.3) is 27.9 Å². The standard InChI is InChI=1S/C16H12ClN7/c1-3-23-8-12(9(2)21-23)14-20-15-11-6-4-5-10(7-18)13(11)19-16(17)24(15)22-14/h4-6,8H,3H2,1-2H3. The molecule has 24 heavy (non-hydrogen) atoms. The van der Waals surface area contributed by atoms with Gasteiger partial charge in [0, 0.05) is 18.1 Å². The summed E-state index contributed by atoms with van der Waals surface area (Å²) < 4.78 is 3.32. The highest BCUT2D eigenvalue weighted by Gasteiger charge is 2.17. The van der Waals surface area contributed by atoms with Crippen LogP contribution in [-0.2, 0) is 6.54 Å². The van der Waals surface area contributed by atoms with Crippen molar-refractivity contribution in [3.63, 3.8) is 0 Å². The Hall–Kier alpha value is -2.98. The van der Waals surface area contributed by atoms with Gasteiger partial charge >= 0.3 is 0 Å². The predicted octanol–water partition coefficient (Wildman–Crippen LogP) is 2.99. The molecule has 3 aromatic heterocycles. The molecular formula is C16H12ClN7. The number of aryl methyl sites for hydroxylation is 2. The smallest absolute Gasteiger partial charge is 0.226 e. The zero-order chi connectivity index (χ0) is 16.8. The topological polar surface area (TPSA) is 84.7 Å². The summed E-state index contributed by atoms with van der Waals surface area (Å²) in [6.45, 7) is 4.70. The minimum Gasteiger partial charge on any atom is -0.272 e. The van der Waals surface area contributed by atoms with Gasteiger partial charge < -0.3 is 0 Å². The normalized spacial score (nSPS) is 11.2. The van der Waals surface area contributed by atoms with Gasteiger partial charge in [-0.1, -0.05) is 6.07 Å². The first-order valence-corrected chi connectivity index (χ1v) is 7.79. The number of para-hydroxylation sites is 1. The van der Waals surface area contributed by atoms with Crippen LogP contribution in [0.4, 0.5) is 0 Å². The van der Waals surface area contributed by atoms with Gasteiger partial charge in [-0.3, -0.25) is 4.68 Å². The van der Waals surface area contributed by atoms with Gasteiger partial charge in [0.25, 0.3) is 0 Å². The average Bonchev–Trinajstić information content (AvgIpc) is 3.18. The van der Waals surface area contributed by atoms with E-state index in [0.29, 0.717) is 22.6 Å². The Bertz CT molecular complexity index is 1130. The van der Waals surface area contributed by atoms with Crippen LogP contribution in [0, 0.1) is 18.3 Å². The van der Waals surface area contributed by atoms with Gasteiger partial charge in [-0.2, -0.15) is 14.9 Å². The second-order valence-corrected chi connectivity index (χ2v) is 5.69. The molecule has 8 heteroatoms. The molecule has 4 aromatic rings. The molecule has 0 saturated heterocycles. The van der Waals surface area contributed by atoms with Crippen molar-refractivity contribution in [3.8, 4) is 17.5 Å². The van der Waals surface area contributed by atoms with Crippen LogP contribution in [0.2, 0.25) is 5.28 Å². The summed E-state index contributed by atoms with van der Waals surface area (Å²) in [5, 5.41) is 19.1. The van der Waals surface area contributed by atoms with Crippen LogP contribution in [-0.4, -0.2) is 29.4 Å². The summed E-state index contributed by atoms with van der Waals surface area (Å²) in [7, 11) is 0. The number of benzene rings is 1. The Kier molecular flexibility index (Phi) is 3.22. The van der Waals surface area contributed by atoms with Crippen LogP contribution >= 0.6 is 11.6 Å². The van der Waals surface area contributed by atoms with E-state index < -0.39 is 0 Å². The lowest BCUT2D eigenvalue weighted by atomic mass is 10.1. The number of aromatic nitrogens is 6. The van der Waals surface area contributed by atoms with E-state index >= 15 is 0 Å². The third-order valence-electron chi connectivity index (χ3n) is 3.89. The molecule has 118 valence electrons. The van der Waals surface area contributed by atoms with E-state index in [1.807, 2.05) is 30.8 Å². The van der Waals surface area contributed by atoms with Crippen LogP contribution in [0.3, 0.4) is 0 Å². The molecule has 0 unspecified atom stereocenters. The molecule has 0 aliphatic rings. The van der Waals surface area contributed by atoms with Crippen LogP contribution in [0.1, 0.15) is 18.2 Å². The third kappa shape index (κ3) is 2.04. The van der Waals surface area contributed by atoms with Crippen LogP contribution in [0.15, 0.2) is 24.4 Å². The molecule has 3 heterocycles. The number of halogens is 1. The summed E-state index contributed by atoms with van der Waals surface area (Å²) in [5.74, 6) is 0.533. The van der Waals surface area contributed by atoms with E-state index in [1.165, 1.54) is 4.52 Å². The maximum absolute atomic E-state index is 9.26. The van der Waals surface area contributed by atoms with Crippen molar-refractivity contribution in [2.75, 3.05) is 0 Å². The highest BCUT2D eigenvalue weighted by atomic mass is 35.5. The number of nitrogens with zero attached hydrogens (tertiary/aromatic N) is 7. The van der Waals surface area contributed by atoms with E-state index in [1.54, 1.807) is 12.1 Å². The highest BCUT2D eigenvalue weighted by Crippen LogP contribution is 2.26. The maximum Gasteiger partial charge on any atom is 0.226 e. The maximum atomic E-state index is 9.26. The van der Waals surface area contributed by atoms with Gasteiger partial charge in [-0.25, -0.2) is 9.97 Å². The molecule has 7 nitrogen and oxygen atoms in total. The summed E-state index contributed by atoms with van der Waals surface area (Å²) >= 11 is 6.26. The van der Waals surface area contributed by atoms with Gasteiger partial charge in [0.05, 0.1) is 22.3 Å². The number of hydrogen-bond donors (Lipinski definition) is 0. The fourth-order valence-electron chi connectivity index (χ4n) is 2.70. The fourth-order valence-corrected chi connectivity index (χ4v) is 2.91. The second kappa shape index (κ2) is 5.28. The molecule has 0 aliphatic carbocycles. The number of fused-ring (bicyclic) bond motifs is 3. The molecule has 0 amide bonds. The van der Waals surface area contributed by atoms with Gasteiger partial charge in [-0.15, -0.1) is 5.10 Å². The molecule has 0 radical (unpaired) electrons. The third-order valence-corrected chi connectivity index (χ3v) is 4.14. The SMILES string of the molecule is CCn1cc(-c2nc3c4cccc(C#N)c4nc(Cl)n3n2)c(C)n1. The Morgan fingerprint density at radius 1 is 1.25 bits per heavy atom. The molecule has 0 aliphatic heterocycles. The van der Waals surface area contributed by atoms with E-state index in [4.69, 9.17) is 11.6 Å². The number of hydrogen-bond acceptors (Lipinski definition) is 5. The monoisotopic (exact) mass is 337 g/mol. The van der Waals surface area contributed by atoms with Crippen molar-refractivity contribution >= 4 is 28.2 Å². The zero-order valence-electron chi connectivity index (χ0n) is 13.0. The summed E-state index contributed by atoms with van der Waals surface area (Å²) in [6, 6.07) is 7.49. The predicted molar refractivity (Wildman–Crippen MR) is 89.6 cm³/mol. The Balaban J connectivity index is 2.05. The van der Waals surface area contributed by atoms with Crippen LogP contribution in [0.5, 0.6) is 0 Å². The molecule has 0 N–H and O–H groups in total. The van der Waals surface area contributed by atoms with Crippen LogP contribution < -0.4 is 0 Å². The summed E-state index contributed by atoms with van der Waals surface area (Å²) in [5.41, 5.74) is 3.25. The van der Waals surface area contributed by atoms with Crippen molar-refractivity contribution in [3.05, 3.63) is 40.9 Å². The Labute approximate surface area is 142 Å². The van der Waals surface area contributed by atoms with Crippen molar-refractivity contribution in [2.24, 2.45) is 0 Å². The molecule has 4 rings (SSSR count). The Morgan fingerprint density at radius 2 is 2.08 bits per heavy atom. The van der Waals surface area contributed by atoms with Crippen molar-refractivity contribution in [1.29, 1.82) is 5.26 Å². The average molecular weight is 338 g/mol. The van der Waals surface area contributed by atoms with E-state index in [-0.39, 0.29) is 5.28 Å². The second-order valence-electron chi connectivity index (χ2n) is 5.35. The largest absolute Gasteiger partial charge is 0.272 e. The molecular weight excluding hydrogens is 326 g/mol. The van der Waals surface area contributed by atoms with Gasteiger partial charge in [0.1, 0.15) is 6.07 Å². The van der Waals surface area contributed by atoms with Crippen molar-refractivity contribution < 1.29 is 0 Å². The molecule has 1 aromatic carbocycles. The van der Waals surface area contributed by atoms with Gasteiger partial charge in [0.15, 0.2) is 11.5 Å².